The summed E-state index contributed by atoms with van der Waals surface area (Å²) in [5.41, 5.74) is 0.181. The number of nitrogens with zero attached hydrogens (tertiary/aromatic N) is 2. The average molecular weight is 474 g/mol. The van der Waals surface area contributed by atoms with Crippen LogP contribution in [0, 0.1) is 17.6 Å². The Kier molecular flexibility index (Phi) is 7.74. The molecule has 7 nitrogen and oxygen atoms in total. The van der Waals surface area contributed by atoms with Crippen molar-refractivity contribution in [1.29, 1.82) is 0 Å². The van der Waals surface area contributed by atoms with Gasteiger partial charge < -0.3 is 20.1 Å². The number of benzene rings is 2. The van der Waals surface area contributed by atoms with E-state index in [1.165, 1.54) is 18.2 Å². The molecule has 2 aromatic rings. The van der Waals surface area contributed by atoms with Gasteiger partial charge in [-0.05, 0) is 56.0 Å². The SMILES string of the molecule is O=C(Nc1ccc(C(=O)N2CCC(CCN3CCOCC3)CC2)c(O)c1)c1cc(F)cc(F)c1. The number of rotatable bonds is 6. The maximum absolute atomic E-state index is 13.4. The molecular weight excluding hydrogens is 444 g/mol. The number of phenolic OH excluding ortho intramolecular Hbond substituents is 1. The number of amides is 2. The van der Waals surface area contributed by atoms with Gasteiger partial charge in [-0.25, -0.2) is 8.78 Å². The highest BCUT2D eigenvalue weighted by Crippen LogP contribution is 2.27. The molecule has 0 aromatic heterocycles. The third kappa shape index (κ3) is 6.09. The number of aromatic hydroxyl groups is 1. The van der Waals surface area contributed by atoms with E-state index in [1.54, 1.807) is 4.90 Å². The van der Waals surface area contributed by atoms with Crippen molar-refractivity contribution in [2.75, 3.05) is 51.3 Å². The number of likely N-dealkylation sites (tertiary alicyclic amines) is 1. The predicted octanol–water partition coefficient (Wildman–Crippen LogP) is 3.50. The molecule has 4 rings (SSSR count). The third-order valence-corrected chi connectivity index (χ3v) is 6.47. The number of anilines is 1. The molecule has 0 bridgehead atoms. The first-order valence-corrected chi connectivity index (χ1v) is 11.6. The number of nitrogens with one attached hydrogen (secondary N) is 1. The second kappa shape index (κ2) is 10.9. The summed E-state index contributed by atoms with van der Waals surface area (Å²) in [5, 5.41) is 12.9. The van der Waals surface area contributed by atoms with Gasteiger partial charge in [-0.15, -0.1) is 0 Å². The molecule has 2 aromatic carbocycles. The predicted molar refractivity (Wildman–Crippen MR) is 123 cm³/mol. The van der Waals surface area contributed by atoms with Crippen LogP contribution in [0.1, 0.15) is 40.0 Å². The van der Waals surface area contributed by atoms with Crippen molar-refractivity contribution in [3.8, 4) is 5.75 Å². The largest absolute Gasteiger partial charge is 0.507 e. The first kappa shape index (κ1) is 24.1. The van der Waals surface area contributed by atoms with Crippen molar-refractivity contribution in [3.05, 3.63) is 59.2 Å². The van der Waals surface area contributed by atoms with Crippen molar-refractivity contribution in [1.82, 2.24) is 9.80 Å². The molecule has 2 aliphatic rings. The van der Waals surface area contributed by atoms with Gasteiger partial charge >= 0.3 is 0 Å². The van der Waals surface area contributed by atoms with Crippen molar-refractivity contribution < 1.29 is 28.2 Å². The molecule has 0 atom stereocenters. The Labute approximate surface area is 197 Å². The summed E-state index contributed by atoms with van der Waals surface area (Å²) in [6.07, 6.45) is 2.96. The summed E-state index contributed by atoms with van der Waals surface area (Å²) >= 11 is 0. The van der Waals surface area contributed by atoms with E-state index < -0.39 is 17.5 Å². The third-order valence-electron chi connectivity index (χ3n) is 6.47. The van der Waals surface area contributed by atoms with Gasteiger partial charge in [0.05, 0.1) is 18.8 Å². The summed E-state index contributed by atoms with van der Waals surface area (Å²) in [5.74, 6) is -2.39. The second-order valence-corrected chi connectivity index (χ2v) is 8.82. The molecule has 2 amide bonds. The number of carbonyl (C=O) groups excluding carboxylic acids is 2. The molecule has 0 saturated carbocycles. The van der Waals surface area contributed by atoms with E-state index in [9.17, 15) is 23.5 Å². The minimum Gasteiger partial charge on any atom is -0.507 e. The molecule has 2 saturated heterocycles. The molecule has 9 heteroatoms. The lowest BCUT2D eigenvalue weighted by Crippen LogP contribution is -2.40. The maximum atomic E-state index is 13.4. The van der Waals surface area contributed by atoms with Gasteiger partial charge in [0.15, 0.2) is 0 Å². The van der Waals surface area contributed by atoms with Crippen LogP contribution in [-0.2, 0) is 4.74 Å². The molecule has 182 valence electrons. The van der Waals surface area contributed by atoms with E-state index in [-0.39, 0.29) is 28.5 Å². The lowest BCUT2D eigenvalue weighted by atomic mass is 9.93. The van der Waals surface area contributed by atoms with Crippen LogP contribution in [0.2, 0.25) is 0 Å². The van der Waals surface area contributed by atoms with Gasteiger partial charge in [0.25, 0.3) is 11.8 Å². The zero-order valence-corrected chi connectivity index (χ0v) is 18.9. The molecule has 0 radical (unpaired) electrons. The highest BCUT2D eigenvalue weighted by molar-refractivity contribution is 6.05. The molecule has 34 heavy (non-hydrogen) atoms. The lowest BCUT2D eigenvalue weighted by molar-refractivity contribution is 0.0332. The number of piperidine rings is 1. The minimum absolute atomic E-state index is 0.154. The normalized spacial score (nSPS) is 17.5. The number of hydrogen-bond acceptors (Lipinski definition) is 5. The number of phenols is 1. The van der Waals surface area contributed by atoms with Crippen LogP contribution < -0.4 is 5.32 Å². The van der Waals surface area contributed by atoms with Gasteiger partial charge in [-0.1, -0.05) is 0 Å². The minimum atomic E-state index is -0.862. The lowest BCUT2D eigenvalue weighted by Gasteiger charge is -2.34. The fraction of sp³-hybridized carbons (Fsp3) is 0.440. The van der Waals surface area contributed by atoms with E-state index in [4.69, 9.17) is 4.74 Å². The van der Waals surface area contributed by atoms with Crippen molar-refractivity contribution >= 4 is 17.5 Å². The molecule has 0 unspecified atom stereocenters. The average Bonchev–Trinajstić information content (AvgIpc) is 2.83. The van der Waals surface area contributed by atoms with E-state index >= 15 is 0 Å². The number of ether oxygens (including phenoxy) is 1. The number of morpholine rings is 1. The van der Waals surface area contributed by atoms with Crippen LogP contribution in [0.15, 0.2) is 36.4 Å². The standard InChI is InChI=1S/C25H29F2N3O4/c26-19-13-18(14-20(27)15-19)24(32)28-21-1-2-22(23(31)16-21)25(33)30-7-4-17(5-8-30)3-6-29-9-11-34-12-10-29/h1-2,13-17,31H,3-12H2,(H,28,32). The van der Waals surface area contributed by atoms with Crippen LogP contribution in [0.4, 0.5) is 14.5 Å². The molecule has 2 aliphatic heterocycles. The Morgan fingerprint density at radius 2 is 1.68 bits per heavy atom. The molecule has 2 N–H and O–H groups in total. The van der Waals surface area contributed by atoms with Crippen molar-refractivity contribution in [3.63, 3.8) is 0 Å². The Bertz CT molecular complexity index is 1010. The zero-order valence-electron chi connectivity index (χ0n) is 18.9. The van der Waals surface area contributed by atoms with Gasteiger partial charge in [0, 0.05) is 49.6 Å². The van der Waals surface area contributed by atoms with Gasteiger partial charge in [-0.2, -0.15) is 0 Å². The topological polar surface area (TPSA) is 82.1 Å². The van der Waals surface area contributed by atoms with Crippen LogP contribution >= 0.6 is 0 Å². The monoisotopic (exact) mass is 473 g/mol. The smallest absolute Gasteiger partial charge is 0.257 e. The van der Waals surface area contributed by atoms with Crippen molar-refractivity contribution in [2.24, 2.45) is 5.92 Å². The fourth-order valence-electron chi connectivity index (χ4n) is 4.46. The number of halogens is 2. The molecule has 0 aliphatic carbocycles. The van der Waals surface area contributed by atoms with Crippen LogP contribution in [0.3, 0.4) is 0 Å². The molecule has 0 spiro atoms. The Morgan fingerprint density at radius 3 is 2.32 bits per heavy atom. The molecule has 2 fully saturated rings. The molecular formula is C25H29F2N3O4. The summed E-state index contributed by atoms with van der Waals surface area (Å²) < 4.78 is 32.1. The fourth-order valence-corrected chi connectivity index (χ4v) is 4.46. The van der Waals surface area contributed by atoms with Crippen molar-refractivity contribution in [2.45, 2.75) is 19.3 Å². The highest BCUT2D eigenvalue weighted by atomic mass is 19.1. The second-order valence-electron chi connectivity index (χ2n) is 8.82. The Hall–Kier alpha value is -3.04. The number of carbonyl (C=O) groups is 2. The molecule has 2 heterocycles. The van der Waals surface area contributed by atoms with Gasteiger partial charge in [0.2, 0.25) is 0 Å². The summed E-state index contributed by atoms with van der Waals surface area (Å²) in [7, 11) is 0. The van der Waals surface area contributed by atoms with Crippen LogP contribution in [-0.4, -0.2) is 72.7 Å². The Balaban J connectivity index is 1.30. The highest BCUT2D eigenvalue weighted by Gasteiger charge is 2.26. The quantitative estimate of drug-likeness (QED) is 0.671. The number of hydrogen-bond donors (Lipinski definition) is 2. The van der Waals surface area contributed by atoms with Crippen LogP contribution in [0.25, 0.3) is 0 Å². The Morgan fingerprint density at radius 1 is 1.00 bits per heavy atom. The summed E-state index contributed by atoms with van der Waals surface area (Å²) in [6.45, 7) is 5.87. The first-order chi connectivity index (χ1) is 16.4. The van der Waals surface area contributed by atoms with Crippen LogP contribution in [0.5, 0.6) is 5.75 Å². The summed E-state index contributed by atoms with van der Waals surface area (Å²) in [4.78, 5) is 29.4. The maximum Gasteiger partial charge on any atom is 0.257 e. The van der Waals surface area contributed by atoms with E-state index in [2.05, 4.69) is 10.2 Å². The zero-order chi connectivity index (χ0) is 24.1. The summed E-state index contributed by atoms with van der Waals surface area (Å²) in [6, 6.07) is 6.70. The van der Waals surface area contributed by atoms with Gasteiger partial charge in [-0.3, -0.25) is 14.5 Å². The van der Waals surface area contributed by atoms with E-state index in [1.807, 2.05) is 0 Å². The van der Waals surface area contributed by atoms with Gasteiger partial charge in [0.1, 0.15) is 17.4 Å². The van der Waals surface area contributed by atoms with E-state index in [0.29, 0.717) is 25.1 Å². The first-order valence-electron chi connectivity index (χ1n) is 11.6. The van der Waals surface area contributed by atoms with E-state index in [0.717, 1.165) is 64.2 Å².